The van der Waals surface area contributed by atoms with E-state index in [0.29, 0.717) is 35.0 Å². The first-order valence-corrected chi connectivity index (χ1v) is 11.1. The summed E-state index contributed by atoms with van der Waals surface area (Å²) in [5, 5.41) is 9.23. The van der Waals surface area contributed by atoms with Crippen LogP contribution in [0.2, 0.25) is 0 Å². The van der Waals surface area contributed by atoms with Gasteiger partial charge in [0.05, 0.1) is 23.1 Å². The van der Waals surface area contributed by atoms with Gasteiger partial charge in [-0.1, -0.05) is 30.3 Å². The highest BCUT2D eigenvalue weighted by Crippen LogP contribution is 2.31. The number of fused-ring (bicyclic) bond motifs is 1. The third kappa shape index (κ3) is 4.37. The second-order valence-electron chi connectivity index (χ2n) is 7.35. The molecule has 9 heteroatoms. The van der Waals surface area contributed by atoms with Crippen molar-refractivity contribution < 1.29 is 22.0 Å². The summed E-state index contributed by atoms with van der Waals surface area (Å²) in [7, 11) is -4.39. The molecule has 6 nitrogen and oxygen atoms in total. The molecule has 3 aromatic rings. The van der Waals surface area contributed by atoms with E-state index >= 15 is 0 Å². The van der Waals surface area contributed by atoms with Crippen LogP contribution in [0.5, 0.6) is 0 Å². The fourth-order valence-corrected chi connectivity index (χ4v) is 4.89. The quantitative estimate of drug-likeness (QED) is 0.642. The number of halogens is 2. The highest BCUT2D eigenvalue weighted by molar-refractivity contribution is 7.89. The van der Waals surface area contributed by atoms with Gasteiger partial charge in [0.25, 0.3) is 0 Å². The summed E-state index contributed by atoms with van der Waals surface area (Å²) in [6.45, 7) is 0.186. The summed E-state index contributed by atoms with van der Waals surface area (Å²) < 4.78 is 55.0. The van der Waals surface area contributed by atoms with Gasteiger partial charge >= 0.3 is 0 Å². The minimum Gasteiger partial charge on any atom is -0.306 e. The normalized spacial score (nSPS) is 15.8. The van der Waals surface area contributed by atoms with Crippen molar-refractivity contribution >= 4 is 21.6 Å². The van der Waals surface area contributed by atoms with E-state index in [1.807, 2.05) is 36.4 Å². The van der Waals surface area contributed by atoms with Crippen molar-refractivity contribution in [3.05, 3.63) is 95.1 Å². The Morgan fingerprint density at radius 1 is 1.03 bits per heavy atom. The maximum absolute atomic E-state index is 13.6. The summed E-state index contributed by atoms with van der Waals surface area (Å²) in [5.74, 6) is -2.60. The molecule has 0 unspecified atom stereocenters. The molecule has 32 heavy (non-hydrogen) atoms. The van der Waals surface area contributed by atoms with Crippen molar-refractivity contribution in [2.24, 2.45) is 0 Å². The summed E-state index contributed by atoms with van der Waals surface area (Å²) in [4.78, 5) is 14.1. The van der Waals surface area contributed by atoms with Crippen LogP contribution >= 0.6 is 0 Å². The van der Waals surface area contributed by atoms with E-state index in [0.717, 1.165) is 5.56 Å². The third-order valence-electron chi connectivity index (χ3n) is 5.11. The number of carbonyl (C=O) groups is 1. The van der Waals surface area contributed by atoms with Crippen LogP contribution in [0.3, 0.4) is 0 Å². The van der Waals surface area contributed by atoms with Crippen LogP contribution in [-0.2, 0) is 27.8 Å². The Bertz CT molecular complexity index is 1320. The van der Waals surface area contributed by atoms with Crippen LogP contribution < -0.4 is 9.62 Å². The summed E-state index contributed by atoms with van der Waals surface area (Å²) in [6.07, 6.45) is -0.00793. The number of nitrogens with one attached hydrogen (secondary N) is 1. The highest BCUT2D eigenvalue weighted by atomic mass is 32.2. The molecule has 1 N–H and O–H groups in total. The number of amides is 1. The van der Waals surface area contributed by atoms with Crippen LogP contribution in [0.15, 0.2) is 71.6 Å². The molecule has 0 saturated heterocycles. The van der Waals surface area contributed by atoms with E-state index in [1.54, 1.807) is 18.2 Å². The molecule has 1 aliphatic heterocycles. The minimum absolute atomic E-state index is 0.00793. The minimum atomic E-state index is -4.39. The van der Waals surface area contributed by atoms with Gasteiger partial charge in [-0.05, 0) is 47.9 Å². The number of nitrogens with zero attached hydrogens (tertiary/aromatic N) is 2. The molecule has 1 aliphatic rings. The van der Waals surface area contributed by atoms with E-state index in [9.17, 15) is 27.3 Å². The second kappa shape index (κ2) is 8.49. The number of hydrogen-bond acceptors (Lipinski definition) is 4. The molecule has 1 amide bonds. The number of rotatable bonds is 5. The second-order valence-corrected chi connectivity index (χ2v) is 9.06. The van der Waals surface area contributed by atoms with E-state index in [2.05, 4.69) is 4.72 Å². The number of anilines is 1. The first-order valence-electron chi connectivity index (χ1n) is 9.63. The first-order chi connectivity index (χ1) is 15.3. The molecule has 4 rings (SSSR count). The number of nitriles is 1. The Hall–Kier alpha value is -3.61. The van der Waals surface area contributed by atoms with Gasteiger partial charge in [0.15, 0.2) is 0 Å². The van der Waals surface area contributed by atoms with Crippen molar-refractivity contribution in [2.75, 3.05) is 4.90 Å². The molecule has 0 aromatic heterocycles. The lowest BCUT2D eigenvalue weighted by molar-refractivity contribution is -0.120. The van der Waals surface area contributed by atoms with Crippen LogP contribution in [0.1, 0.15) is 16.7 Å². The van der Waals surface area contributed by atoms with Gasteiger partial charge < -0.3 is 4.90 Å². The van der Waals surface area contributed by atoms with E-state index in [1.165, 1.54) is 4.90 Å². The van der Waals surface area contributed by atoms with Gasteiger partial charge in [0.1, 0.15) is 17.7 Å². The van der Waals surface area contributed by atoms with E-state index in [-0.39, 0.29) is 13.0 Å². The van der Waals surface area contributed by atoms with Gasteiger partial charge in [-0.3, -0.25) is 4.79 Å². The zero-order valence-corrected chi connectivity index (χ0v) is 17.4. The Balaban J connectivity index is 1.71. The molecule has 0 aliphatic carbocycles. The van der Waals surface area contributed by atoms with Crippen LogP contribution in [0, 0.1) is 23.0 Å². The molecular formula is C23H17F2N3O3S. The Morgan fingerprint density at radius 2 is 1.72 bits per heavy atom. The predicted molar refractivity (Wildman–Crippen MR) is 113 cm³/mol. The maximum Gasteiger partial charge on any atom is 0.245 e. The highest BCUT2D eigenvalue weighted by Gasteiger charge is 2.36. The SMILES string of the molecule is N#Cc1ccc2c(c1)C[C@H](NS(=O)(=O)c1cc(F)cc(F)c1)C(=O)N2Cc1ccccc1. The van der Waals surface area contributed by atoms with Crippen molar-refractivity contribution in [1.29, 1.82) is 5.26 Å². The summed E-state index contributed by atoms with van der Waals surface area (Å²) >= 11 is 0. The van der Waals surface area contributed by atoms with Crippen LogP contribution in [0.4, 0.5) is 14.5 Å². The molecular weight excluding hydrogens is 436 g/mol. The standard InChI is InChI=1S/C23H17F2N3O3S/c24-18-10-19(25)12-20(11-18)32(30,31)27-21-9-17-8-16(13-26)6-7-22(17)28(23(21)29)14-15-4-2-1-3-5-15/h1-8,10-12,21,27H,9,14H2/t21-/m0/s1. The molecule has 0 bridgehead atoms. The monoisotopic (exact) mass is 453 g/mol. The predicted octanol–water partition coefficient (Wildman–Crippen LogP) is 3.27. The van der Waals surface area contributed by atoms with E-state index < -0.39 is 38.5 Å². The number of hydrogen-bond donors (Lipinski definition) is 1. The fraction of sp³-hybridized carbons (Fsp3) is 0.130. The molecule has 1 atom stereocenters. The zero-order valence-electron chi connectivity index (χ0n) is 16.6. The lowest BCUT2D eigenvalue weighted by Crippen LogP contribution is -2.52. The topological polar surface area (TPSA) is 90.3 Å². The Labute approximate surface area is 183 Å². The van der Waals surface area contributed by atoms with Crippen molar-refractivity contribution in [3.8, 4) is 6.07 Å². The molecule has 0 radical (unpaired) electrons. The van der Waals surface area contributed by atoms with Crippen molar-refractivity contribution in [3.63, 3.8) is 0 Å². The van der Waals surface area contributed by atoms with Crippen LogP contribution in [-0.4, -0.2) is 20.4 Å². The summed E-state index contributed by atoms with van der Waals surface area (Å²) in [6, 6.07) is 16.7. The number of carbonyl (C=O) groups excluding carboxylic acids is 1. The summed E-state index contributed by atoms with van der Waals surface area (Å²) in [5.41, 5.74) is 2.38. The van der Waals surface area contributed by atoms with Crippen molar-refractivity contribution in [1.82, 2.24) is 4.72 Å². The molecule has 3 aromatic carbocycles. The maximum atomic E-state index is 13.6. The van der Waals surface area contributed by atoms with Gasteiger partial charge in [0.2, 0.25) is 15.9 Å². The third-order valence-corrected chi connectivity index (χ3v) is 6.57. The average molecular weight is 453 g/mol. The molecule has 0 saturated carbocycles. The lowest BCUT2D eigenvalue weighted by atomic mass is 9.95. The van der Waals surface area contributed by atoms with Gasteiger partial charge in [-0.15, -0.1) is 0 Å². The largest absolute Gasteiger partial charge is 0.306 e. The Kier molecular flexibility index (Phi) is 5.74. The lowest BCUT2D eigenvalue weighted by Gasteiger charge is -2.34. The smallest absolute Gasteiger partial charge is 0.245 e. The van der Waals surface area contributed by atoms with Gasteiger partial charge in [-0.2, -0.15) is 9.98 Å². The van der Waals surface area contributed by atoms with Crippen molar-refractivity contribution in [2.45, 2.75) is 23.9 Å². The van der Waals surface area contributed by atoms with E-state index in [4.69, 9.17) is 0 Å². The number of benzene rings is 3. The average Bonchev–Trinajstić information content (AvgIpc) is 2.76. The number of sulfonamides is 1. The van der Waals surface area contributed by atoms with Gasteiger partial charge in [0, 0.05) is 11.8 Å². The van der Waals surface area contributed by atoms with Crippen LogP contribution in [0.25, 0.3) is 0 Å². The molecule has 1 heterocycles. The Morgan fingerprint density at radius 3 is 2.38 bits per heavy atom. The van der Waals surface area contributed by atoms with Gasteiger partial charge in [-0.25, -0.2) is 17.2 Å². The molecule has 0 fully saturated rings. The molecule has 162 valence electrons. The first kappa shape index (κ1) is 21.6. The molecule has 0 spiro atoms. The zero-order chi connectivity index (χ0) is 22.9. The fourth-order valence-electron chi connectivity index (χ4n) is 3.66.